The number of nitrogens with zero attached hydrogens (tertiary/aromatic N) is 1. The number of thiophene rings is 1. The number of fused-ring (bicyclic) bond motifs is 4. The molecular weight excluding hydrogens is 412 g/mol. The van der Waals surface area contributed by atoms with Crippen molar-refractivity contribution in [3.05, 3.63) is 86.1 Å². The van der Waals surface area contributed by atoms with Gasteiger partial charge in [-0.3, -0.25) is 9.59 Å². The van der Waals surface area contributed by atoms with E-state index in [0.29, 0.717) is 22.5 Å². The maximum absolute atomic E-state index is 12.6. The van der Waals surface area contributed by atoms with Crippen molar-refractivity contribution in [2.24, 2.45) is 5.10 Å². The van der Waals surface area contributed by atoms with E-state index >= 15 is 0 Å². The number of hydrogen-bond acceptors (Lipinski definition) is 6. The van der Waals surface area contributed by atoms with Gasteiger partial charge in [-0.05, 0) is 44.2 Å². The van der Waals surface area contributed by atoms with Gasteiger partial charge in [-0.1, -0.05) is 23.3 Å². The topological polar surface area (TPSA) is 80.9 Å². The molecule has 0 aliphatic carbocycles. The lowest BCUT2D eigenvalue weighted by Crippen LogP contribution is -2.17. The van der Waals surface area contributed by atoms with Crippen molar-refractivity contribution in [3.8, 4) is 16.2 Å². The molecule has 4 aromatic rings. The molecule has 0 saturated heterocycles. The van der Waals surface area contributed by atoms with Crippen LogP contribution in [0.15, 0.2) is 63.0 Å². The minimum Gasteiger partial charge on any atom is -0.488 e. The number of nitrogens with one attached hydrogen (secondary N) is 1. The highest BCUT2D eigenvalue weighted by molar-refractivity contribution is 7.17. The number of aryl methyl sites for hydroxylation is 2. The van der Waals surface area contributed by atoms with Crippen molar-refractivity contribution in [2.45, 2.75) is 20.5 Å². The van der Waals surface area contributed by atoms with E-state index in [0.717, 1.165) is 32.9 Å². The number of hydrazone groups is 1. The summed E-state index contributed by atoms with van der Waals surface area (Å²) >= 11 is 1.40. The van der Waals surface area contributed by atoms with Gasteiger partial charge in [0.05, 0.1) is 22.0 Å². The van der Waals surface area contributed by atoms with Crippen LogP contribution < -0.4 is 15.6 Å². The van der Waals surface area contributed by atoms with Crippen molar-refractivity contribution < 1.29 is 13.9 Å². The van der Waals surface area contributed by atoms with Crippen molar-refractivity contribution in [1.82, 2.24) is 5.43 Å². The van der Waals surface area contributed by atoms with E-state index in [9.17, 15) is 9.59 Å². The van der Waals surface area contributed by atoms with Crippen LogP contribution in [-0.2, 0) is 6.61 Å². The third kappa shape index (κ3) is 3.53. The lowest BCUT2D eigenvalue weighted by molar-refractivity contribution is 0.0959. The van der Waals surface area contributed by atoms with Crippen molar-refractivity contribution in [2.75, 3.05) is 0 Å². The number of benzene rings is 2. The molecule has 154 valence electrons. The largest absolute Gasteiger partial charge is 0.488 e. The molecule has 2 aromatic carbocycles. The molecule has 1 aliphatic rings. The minimum atomic E-state index is -0.342. The maximum Gasteiger partial charge on any atom is 0.281 e. The van der Waals surface area contributed by atoms with Gasteiger partial charge in [0, 0.05) is 16.0 Å². The lowest BCUT2D eigenvalue weighted by Gasteiger charge is -2.17. The van der Waals surface area contributed by atoms with Crippen LogP contribution in [0.5, 0.6) is 5.75 Å². The summed E-state index contributed by atoms with van der Waals surface area (Å²) in [6.07, 6.45) is 2.65. The Morgan fingerprint density at radius 2 is 1.94 bits per heavy atom. The first kappa shape index (κ1) is 19.3. The van der Waals surface area contributed by atoms with E-state index in [-0.39, 0.29) is 16.9 Å². The van der Waals surface area contributed by atoms with E-state index in [2.05, 4.69) is 16.6 Å². The van der Waals surface area contributed by atoms with Gasteiger partial charge in [0.25, 0.3) is 5.91 Å². The summed E-state index contributed by atoms with van der Waals surface area (Å²) in [5.74, 6) is 0.481. The van der Waals surface area contributed by atoms with Gasteiger partial charge in [-0.15, -0.1) is 11.3 Å². The fraction of sp³-hybridized carbons (Fsp3) is 0.125. The number of ether oxygens (including phenoxy) is 1. The van der Waals surface area contributed by atoms with E-state index < -0.39 is 0 Å². The normalized spacial score (nSPS) is 12.5. The molecule has 6 nitrogen and oxygen atoms in total. The summed E-state index contributed by atoms with van der Waals surface area (Å²) in [6, 6.07) is 13.3. The molecule has 0 saturated carbocycles. The summed E-state index contributed by atoms with van der Waals surface area (Å²) in [7, 11) is 0. The van der Waals surface area contributed by atoms with Gasteiger partial charge in [-0.2, -0.15) is 5.10 Å². The molecule has 0 fully saturated rings. The Labute approximate surface area is 181 Å². The van der Waals surface area contributed by atoms with Crippen LogP contribution in [0.2, 0.25) is 0 Å². The fourth-order valence-electron chi connectivity index (χ4n) is 3.54. The van der Waals surface area contributed by atoms with Crippen LogP contribution in [0, 0.1) is 13.8 Å². The van der Waals surface area contributed by atoms with Crippen LogP contribution in [0.4, 0.5) is 0 Å². The first-order valence-electron chi connectivity index (χ1n) is 9.72. The molecule has 5 rings (SSSR count). The fourth-order valence-corrected chi connectivity index (χ4v) is 4.62. The minimum absolute atomic E-state index is 0.196. The molecule has 1 amide bonds. The van der Waals surface area contributed by atoms with Crippen LogP contribution >= 0.6 is 11.3 Å². The van der Waals surface area contributed by atoms with Gasteiger partial charge in [0.15, 0.2) is 0 Å². The molecular formula is C24H18N2O4S. The van der Waals surface area contributed by atoms with E-state index in [1.54, 1.807) is 12.1 Å². The SMILES string of the molecule is Cc1ccc2c(c1)-c1sc(C(=O)N/N=C/c3coc4ccc(C)cc4c3=O)cc1CO2. The van der Waals surface area contributed by atoms with Gasteiger partial charge < -0.3 is 9.15 Å². The Bertz CT molecular complexity index is 1430. The number of hydrogen-bond donors (Lipinski definition) is 1. The Morgan fingerprint density at radius 3 is 2.81 bits per heavy atom. The van der Waals surface area contributed by atoms with Crippen LogP contribution in [0.25, 0.3) is 21.4 Å². The molecule has 7 heteroatoms. The summed E-state index contributed by atoms with van der Waals surface area (Å²) in [6.45, 7) is 4.36. The van der Waals surface area contributed by atoms with E-state index in [4.69, 9.17) is 9.15 Å². The highest BCUT2D eigenvalue weighted by Crippen LogP contribution is 2.42. The summed E-state index contributed by atoms with van der Waals surface area (Å²) in [5, 5.41) is 4.45. The highest BCUT2D eigenvalue weighted by atomic mass is 32.1. The zero-order valence-corrected chi connectivity index (χ0v) is 17.7. The Kier molecular flexibility index (Phi) is 4.67. The van der Waals surface area contributed by atoms with Gasteiger partial charge in [0.2, 0.25) is 5.43 Å². The number of carbonyl (C=O) groups is 1. The maximum atomic E-state index is 12.6. The van der Waals surface area contributed by atoms with Gasteiger partial charge in [-0.25, -0.2) is 5.43 Å². The van der Waals surface area contributed by atoms with Crippen LogP contribution in [0.3, 0.4) is 0 Å². The van der Waals surface area contributed by atoms with Crippen LogP contribution in [-0.4, -0.2) is 12.1 Å². The van der Waals surface area contributed by atoms with E-state index in [1.807, 2.05) is 38.1 Å². The Balaban J connectivity index is 1.37. The standard InChI is InChI=1S/C24H18N2O4S/c1-13-3-5-19-17(7-13)22(27)16(12-30-19)10-25-26-24(28)21-9-15-11-29-20-6-4-14(2)8-18(20)23(15)31-21/h3-10,12H,11H2,1-2H3,(H,26,28)/b25-10+. The average molecular weight is 430 g/mol. The molecule has 0 unspecified atom stereocenters. The number of carbonyl (C=O) groups excluding carboxylic acids is 1. The van der Waals surface area contributed by atoms with Gasteiger partial charge in [0.1, 0.15) is 24.2 Å². The predicted octanol–water partition coefficient (Wildman–Crippen LogP) is 4.79. The monoisotopic (exact) mass is 430 g/mol. The summed E-state index contributed by atoms with van der Waals surface area (Å²) in [5.41, 5.74) is 7.14. The molecule has 3 heterocycles. The molecule has 0 bridgehead atoms. The average Bonchev–Trinajstić information content (AvgIpc) is 3.21. The molecule has 31 heavy (non-hydrogen) atoms. The quantitative estimate of drug-likeness (QED) is 0.374. The molecule has 1 aliphatic heterocycles. The molecule has 0 atom stereocenters. The van der Waals surface area contributed by atoms with Crippen LogP contribution in [0.1, 0.15) is 31.9 Å². The second-order valence-corrected chi connectivity index (χ2v) is 8.52. The second kappa shape index (κ2) is 7.52. The molecule has 1 N–H and O–H groups in total. The van der Waals surface area contributed by atoms with Crippen molar-refractivity contribution in [3.63, 3.8) is 0 Å². The zero-order valence-electron chi connectivity index (χ0n) is 16.9. The first-order valence-corrected chi connectivity index (χ1v) is 10.5. The first-order chi connectivity index (χ1) is 15.0. The second-order valence-electron chi connectivity index (χ2n) is 7.47. The summed E-state index contributed by atoms with van der Waals surface area (Å²) in [4.78, 5) is 26.8. The Morgan fingerprint density at radius 1 is 1.13 bits per heavy atom. The number of rotatable bonds is 3. The van der Waals surface area contributed by atoms with Crippen molar-refractivity contribution >= 4 is 34.4 Å². The molecule has 0 radical (unpaired) electrons. The summed E-state index contributed by atoms with van der Waals surface area (Å²) < 4.78 is 11.3. The van der Waals surface area contributed by atoms with Gasteiger partial charge >= 0.3 is 0 Å². The highest BCUT2D eigenvalue weighted by Gasteiger charge is 2.22. The molecule has 0 spiro atoms. The lowest BCUT2D eigenvalue weighted by atomic mass is 10.0. The van der Waals surface area contributed by atoms with Crippen molar-refractivity contribution in [1.29, 1.82) is 0 Å². The third-order valence-corrected chi connectivity index (χ3v) is 6.33. The smallest absolute Gasteiger partial charge is 0.281 e. The zero-order chi connectivity index (χ0) is 21.5. The molecule has 2 aromatic heterocycles. The third-order valence-electron chi connectivity index (χ3n) is 5.12. The number of amides is 1. The Hall–Kier alpha value is -3.71. The van der Waals surface area contributed by atoms with E-state index in [1.165, 1.54) is 23.8 Å². The predicted molar refractivity (Wildman–Crippen MR) is 121 cm³/mol.